The van der Waals surface area contributed by atoms with Gasteiger partial charge in [0.05, 0.1) is 6.54 Å². The van der Waals surface area contributed by atoms with Crippen LogP contribution in [-0.4, -0.2) is 38.2 Å². The molecule has 6 nitrogen and oxygen atoms in total. The molecule has 1 aromatic rings. The number of carboxylic acids is 1. The Balaban J connectivity index is 1.70. The Morgan fingerprint density at radius 1 is 1.41 bits per heavy atom. The van der Waals surface area contributed by atoms with E-state index in [4.69, 9.17) is 4.52 Å². The van der Waals surface area contributed by atoms with Crippen LogP contribution in [0, 0.1) is 5.92 Å². The summed E-state index contributed by atoms with van der Waals surface area (Å²) >= 11 is 0. The van der Waals surface area contributed by atoms with Gasteiger partial charge in [0.1, 0.15) is 6.04 Å². The summed E-state index contributed by atoms with van der Waals surface area (Å²) < 4.78 is 5.34. The van der Waals surface area contributed by atoms with Gasteiger partial charge in [0.15, 0.2) is 5.82 Å². The molecule has 3 atom stereocenters. The first-order valence-electron chi connectivity index (χ1n) is 8.49. The van der Waals surface area contributed by atoms with E-state index in [0.717, 1.165) is 44.3 Å². The van der Waals surface area contributed by atoms with E-state index in [2.05, 4.69) is 22.0 Å². The minimum atomic E-state index is -0.722. The standard InChI is InChI=1S/C16H25N3O3/c1-2-3-8-14-17-15(22-18-14)10-19-12-7-5-4-6-11(12)9-13(19)16(20)21/h11-13H,2-10H2,1H3,(H,20,21)/t11-,12-,13+/m1/s1. The van der Waals surface area contributed by atoms with Gasteiger partial charge in [-0.25, -0.2) is 0 Å². The van der Waals surface area contributed by atoms with Crippen molar-refractivity contribution in [1.82, 2.24) is 15.0 Å². The second-order valence-electron chi connectivity index (χ2n) is 6.58. The molecule has 3 rings (SSSR count). The van der Waals surface area contributed by atoms with Gasteiger partial charge in [-0.3, -0.25) is 9.69 Å². The maximum atomic E-state index is 11.6. The molecule has 0 unspecified atom stereocenters. The van der Waals surface area contributed by atoms with E-state index in [1.165, 1.54) is 12.8 Å². The van der Waals surface area contributed by atoms with Crippen molar-refractivity contribution in [2.45, 2.75) is 76.9 Å². The summed E-state index contributed by atoms with van der Waals surface area (Å²) in [5.41, 5.74) is 0. The van der Waals surface area contributed by atoms with Crippen LogP contribution >= 0.6 is 0 Å². The summed E-state index contributed by atoms with van der Waals surface area (Å²) in [6, 6.07) is -0.0417. The monoisotopic (exact) mass is 307 g/mol. The van der Waals surface area contributed by atoms with Gasteiger partial charge in [0.2, 0.25) is 5.89 Å². The van der Waals surface area contributed by atoms with Crippen LogP contribution in [0.25, 0.3) is 0 Å². The molecule has 0 bridgehead atoms. The Labute approximate surface area is 130 Å². The number of unbranched alkanes of at least 4 members (excludes halogenated alkanes) is 1. The molecule has 1 saturated heterocycles. The summed E-state index contributed by atoms with van der Waals surface area (Å²) in [5.74, 6) is 1.09. The van der Waals surface area contributed by atoms with Crippen LogP contribution in [0.5, 0.6) is 0 Å². The summed E-state index contributed by atoms with van der Waals surface area (Å²) in [6.45, 7) is 2.60. The molecule has 2 heterocycles. The fourth-order valence-corrected chi connectivity index (χ4v) is 3.97. The summed E-state index contributed by atoms with van der Waals surface area (Å²) in [6.07, 6.45) is 8.39. The molecular formula is C16H25N3O3. The second kappa shape index (κ2) is 6.77. The Kier molecular flexibility index (Phi) is 4.76. The van der Waals surface area contributed by atoms with Crippen LogP contribution in [-0.2, 0) is 17.8 Å². The highest BCUT2D eigenvalue weighted by atomic mass is 16.5. The number of aryl methyl sites for hydroxylation is 1. The van der Waals surface area contributed by atoms with Crippen LogP contribution in [0.1, 0.15) is 63.6 Å². The van der Waals surface area contributed by atoms with Crippen LogP contribution in [0.4, 0.5) is 0 Å². The number of carboxylic acid groups (broad SMARTS) is 1. The zero-order valence-corrected chi connectivity index (χ0v) is 13.2. The molecule has 0 amide bonds. The number of hydrogen-bond acceptors (Lipinski definition) is 5. The zero-order chi connectivity index (χ0) is 15.5. The first-order chi connectivity index (χ1) is 10.7. The van der Waals surface area contributed by atoms with E-state index in [1.807, 2.05) is 0 Å². The van der Waals surface area contributed by atoms with Gasteiger partial charge in [-0.2, -0.15) is 4.98 Å². The van der Waals surface area contributed by atoms with Crippen LogP contribution in [0.2, 0.25) is 0 Å². The van der Waals surface area contributed by atoms with Crippen molar-refractivity contribution in [2.75, 3.05) is 0 Å². The molecular weight excluding hydrogens is 282 g/mol. The smallest absolute Gasteiger partial charge is 0.320 e. The third-order valence-corrected chi connectivity index (χ3v) is 5.09. The molecule has 122 valence electrons. The SMILES string of the molecule is CCCCc1noc(CN2[C@@H]3CCCC[C@@H]3C[C@H]2C(=O)O)n1. The number of aliphatic carboxylic acids is 1. The average Bonchev–Trinajstić information content (AvgIpc) is 3.11. The number of hydrogen-bond donors (Lipinski definition) is 1. The van der Waals surface area contributed by atoms with Crippen molar-refractivity contribution in [3.8, 4) is 0 Å². The zero-order valence-electron chi connectivity index (χ0n) is 13.2. The Morgan fingerprint density at radius 3 is 3.00 bits per heavy atom. The molecule has 6 heteroatoms. The third-order valence-electron chi connectivity index (χ3n) is 5.09. The van der Waals surface area contributed by atoms with Gasteiger partial charge >= 0.3 is 5.97 Å². The third kappa shape index (κ3) is 3.16. The average molecular weight is 307 g/mol. The lowest BCUT2D eigenvalue weighted by atomic mass is 9.85. The minimum absolute atomic E-state index is 0.362. The highest BCUT2D eigenvalue weighted by molar-refractivity contribution is 5.74. The molecule has 0 aromatic carbocycles. The number of likely N-dealkylation sites (tertiary alicyclic amines) is 1. The van der Waals surface area contributed by atoms with Crippen LogP contribution in [0.3, 0.4) is 0 Å². The van der Waals surface area contributed by atoms with Gasteiger partial charge in [-0.15, -0.1) is 0 Å². The molecule has 1 aliphatic heterocycles. The van der Waals surface area contributed by atoms with Gasteiger partial charge in [-0.1, -0.05) is 31.3 Å². The van der Waals surface area contributed by atoms with E-state index in [1.54, 1.807) is 0 Å². The van der Waals surface area contributed by atoms with Crippen molar-refractivity contribution in [3.63, 3.8) is 0 Å². The topological polar surface area (TPSA) is 79.5 Å². The Morgan fingerprint density at radius 2 is 2.23 bits per heavy atom. The van der Waals surface area contributed by atoms with E-state index in [9.17, 15) is 9.90 Å². The lowest BCUT2D eigenvalue weighted by Gasteiger charge is -2.31. The van der Waals surface area contributed by atoms with Gasteiger partial charge < -0.3 is 9.63 Å². The minimum Gasteiger partial charge on any atom is -0.480 e. The number of fused-ring (bicyclic) bond motifs is 1. The van der Waals surface area contributed by atoms with Crippen molar-refractivity contribution in [2.24, 2.45) is 5.92 Å². The summed E-state index contributed by atoms with van der Waals surface area (Å²) in [4.78, 5) is 18.1. The lowest BCUT2D eigenvalue weighted by molar-refractivity contribution is -0.143. The largest absolute Gasteiger partial charge is 0.480 e. The summed E-state index contributed by atoms with van der Waals surface area (Å²) in [7, 11) is 0. The van der Waals surface area contributed by atoms with Crippen molar-refractivity contribution < 1.29 is 14.4 Å². The van der Waals surface area contributed by atoms with E-state index in [-0.39, 0.29) is 0 Å². The van der Waals surface area contributed by atoms with Crippen molar-refractivity contribution in [1.29, 1.82) is 0 Å². The predicted molar refractivity (Wildman–Crippen MR) is 80.2 cm³/mol. The molecule has 2 fully saturated rings. The maximum absolute atomic E-state index is 11.6. The molecule has 1 N–H and O–H groups in total. The number of nitrogens with zero attached hydrogens (tertiary/aromatic N) is 3. The highest BCUT2D eigenvalue weighted by Gasteiger charge is 2.45. The van der Waals surface area contributed by atoms with Gasteiger partial charge in [0.25, 0.3) is 0 Å². The molecule has 22 heavy (non-hydrogen) atoms. The molecule has 0 spiro atoms. The number of rotatable bonds is 6. The maximum Gasteiger partial charge on any atom is 0.320 e. The predicted octanol–water partition coefficient (Wildman–Crippen LogP) is 2.63. The van der Waals surface area contributed by atoms with Crippen LogP contribution in [0.15, 0.2) is 4.52 Å². The number of aromatic nitrogens is 2. The highest BCUT2D eigenvalue weighted by Crippen LogP contribution is 2.40. The molecule has 1 aliphatic carbocycles. The fourth-order valence-electron chi connectivity index (χ4n) is 3.97. The molecule has 0 radical (unpaired) electrons. The quantitative estimate of drug-likeness (QED) is 0.870. The molecule has 2 aliphatic rings. The van der Waals surface area contributed by atoms with Gasteiger partial charge in [-0.05, 0) is 31.6 Å². The van der Waals surface area contributed by atoms with Crippen molar-refractivity contribution >= 4 is 5.97 Å². The van der Waals surface area contributed by atoms with E-state index in [0.29, 0.717) is 24.4 Å². The molecule has 1 aromatic heterocycles. The Bertz CT molecular complexity index is 516. The lowest BCUT2D eigenvalue weighted by Crippen LogP contribution is -2.41. The van der Waals surface area contributed by atoms with Gasteiger partial charge in [0, 0.05) is 12.5 Å². The summed E-state index contributed by atoms with van der Waals surface area (Å²) in [5, 5.41) is 13.5. The first kappa shape index (κ1) is 15.5. The first-order valence-corrected chi connectivity index (χ1v) is 8.49. The Hall–Kier alpha value is -1.43. The molecule has 1 saturated carbocycles. The normalized spacial score (nSPS) is 28.7. The second-order valence-corrected chi connectivity index (χ2v) is 6.58. The van der Waals surface area contributed by atoms with Crippen LogP contribution < -0.4 is 0 Å². The number of carbonyl (C=O) groups is 1. The van der Waals surface area contributed by atoms with Crippen molar-refractivity contribution in [3.05, 3.63) is 11.7 Å². The van der Waals surface area contributed by atoms with E-state index < -0.39 is 12.0 Å². The van der Waals surface area contributed by atoms with E-state index >= 15 is 0 Å². The fraction of sp³-hybridized carbons (Fsp3) is 0.812.